The summed E-state index contributed by atoms with van der Waals surface area (Å²) in [7, 11) is 0. The number of alkyl halides is 2. The maximum Gasteiger partial charge on any atom is 0.586 e. The van der Waals surface area contributed by atoms with Crippen LogP contribution in [0.25, 0.3) is 28.3 Å². The molecule has 0 bridgehead atoms. The van der Waals surface area contributed by atoms with E-state index in [0.29, 0.717) is 40.0 Å². The minimum absolute atomic E-state index is 0.0692. The van der Waals surface area contributed by atoms with Gasteiger partial charge in [-0.15, -0.1) is 8.78 Å². The smallest absolute Gasteiger partial charge is 0.461 e. The largest absolute Gasteiger partial charge is 0.586 e. The van der Waals surface area contributed by atoms with E-state index in [2.05, 4.69) is 35.4 Å². The molecule has 1 aliphatic heterocycles. The zero-order chi connectivity index (χ0) is 24.9. The van der Waals surface area contributed by atoms with Gasteiger partial charge < -0.3 is 23.2 Å². The zero-order valence-corrected chi connectivity index (χ0v) is 20.4. The minimum Gasteiger partial charge on any atom is -0.461 e. The first-order valence-electron chi connectivity index (χ1n) is 10.6. The number of rotatable bonds is 5. The molecule has 3 heterocycles. The predicted octanol–water partition coefficient (Wildman–Crippen LogP) is 6.07. The van der Waals surface area contributed by atoms with Gasteiger partial charge in [0.25, 0.3) is 0 Å². The van der Waals surface area contributed by atoms with Gasteiger partial charge >= 0.3 is 12.3 Å². The Bertz CT molecular complexity index is 1460. The molecule has 35 heavy (non-hydrogen) atoms. The average molecular weight is 546 g/mol. The van der Waals surface area contributed by atoms with Crippen molar-refractivity contribution in [3.05, 3.63) is 64.5 Å². The number of hydrogen-bond donors (Lipinski definition) is 0. The van der Waals surface area contributed by atoms with E-state index in [1.54, 1.807) is 37.6 Å². The van der Waals surface area contributed by atoms with E-state index in [-0.39, 0.29) is 23.8 Å². The topological polar surface area (TPSA) is 88.6 Å². The maximum absolute atomic E-state index is 13.5. The molecule has 0 atom stereocenters. The molecule has 0 saturated heterocycles. The van der Waals surface area contributed by atoms with E-state index in [9.17, 15) is 13.6 Å². The van der Waals surface area contributed by atoms with Crippen molar-refractivity contribution >= 4 is 21.9 Å². The SMILES string of the molecule is CCOC(=O)c1cn(-c2ccc(Br)cc2-c2nc(C)oc2-c2ccc3c(c2)OC(F)(F)O3)c(C)n1. The predicted molar refractivity (Wildman–Crippen MR) is 124 cm³/mol. The lowest BCUT2D eigenvalue weighted by molar-refractivity contribution is -0.286. The number of hydrogen-bond acceptors (Lipinski definition) is 7. The van der Waals surface area contributed by atoms with Crippen molar-refractivity contribution in [3.63, 3.8) is 0 Å². The molecule has 0 radical (unpaired) electrons. The van der Waals surface area contributed by atoms with Gasteiger partial charge in [0.2, 0.25) is 0 Å². The molecule has 180 valence electrons. The van der Waals surface area contributed by atoms with Crippen molar-refractivity contribution in [2.75, 3.05) is 6.61 Å². The lowest BCUT2D eigenvalue weighted by Gasteiger charge is -2.12. The van der Waals surface area contributed by atoms with Crippen molar-refractivity contribution < 1.29 is 32.2 Å². The summed E-state index contributed by atoms with van der Waals surface area (Å²) in [6, 6.07) is 9.93. The van der Waals surface area contributed by atoms with Gasteiger partial charge in [-0.3, -0.25) is 0 Å². The number of esters is 1. The molecule has 0 aliphatic carbocycles. The number of fused-ring (bicyclic) bond motifs is 1. The molecule has 11 heteroatoms. The Morgan fingerprint density at radius 1 is 1.11 bits per heavy atom. The molecule has 4 aromatic rings. The lowest BCUT2D eigenvalue weighted by Crippen LogP contribution is -2.25. The number of aryl methyl sites for hydroxylation is 2. The monoisotopic (exact) mass is 545 g/mol. The highest BCUT2D eigenvalue weighted by Crippen LogP contribution is 2.45. The fourth-order valence-electron chi connectivity index (χ4n) is 3.82. The Morgan fingerprint density at radius 3 is 2.66 bits per heavy atom. The van der Waals surface area contributed by atoms with Gasteiger partial charge in [-0.25, -0.2) is 14.8 Å². The summed E-state index contributed by atoms with van der Waals surface area (Å²) in [6.45, 7) is 5.41. The Balaban J connectivity index is 1.64. The summed E-state index contributed by atoms with van der Waals surface area (Å²) in [6.07, 6.45) is -2.14. The van der Waals surface area contributed by atoms with Gasteiger partial charge in [-0.05, 0) is 50.2 Å². The fourth-order valence-corrected chi connectivity index (χ4v) is 4.18. The summed E-state index contributed by atoms with van der Waals surface area (Å²) in [5.74, 6) is 0.587. The van der Waals surface area contributed by atoms with E-state index in [1.807, 2.05) is 18.2 Å². The van der Waals surface area contributed by atoms with Gasteiger partial charge in [0.15, 0.2) is 28.8 Å². The summed E-state index contributed by atoms with van der Waals surface area (Å²) in [5.41, 5.74) is 2.45. The number of imidazole rings is 1. The molecule has 0 saturated carbocycles. The van der Waals surface area contributed by atoms with Crippen LogP contribution in [-0.4, -0.2) is 33.4 Å². The molecule has 1 aliphatic rings. The summed E-state index contributed by atoms with van der Waals surface area (Å²) < 4.78 is 49.6. The van der Waals surface area contributed by atoms with Crippen molar-refractivity contribution in [1.82, 2.24) is 14.5 Å². The van der Waals surface area contributed by atoms with E-state index in [4.69, 9.17) is 9.15 Å². The Morgan fingerprint density at radius 2 is 1.89 bits per heavy atom. The second-order valence-corrected chi connectivity index (χ2v) is 8.58. The molecular weight excluding hydrogens is 528 g/mol. The molecule has 0 spiro atoms. The standard InChI is InChI=1S/C24H18BrF2N3O5/c1-4-32-23(31)17-11-30(12(2)28-17)18-7-6-15(25)10-16(18)21-22(33-13(3)29-21)14-5-8-19-20(9-14)35-24(26,27)34-19/h5-11H,4H2,1-3H3. The molecule has 2 aromatic heterocycles. The molecule has 2 aromatic carbocycles. The average Bonchev–Trinajstić information content (AvgIpc) is 3.46. The zero-order valence-electron chi connectivity index (χ0n) is 18.8. The second-order valence-electron chi connectivity index (χ2n) is 7.66. The molecule has 0 amide bonds. The number of aromatic nitrogens is 3. The van der Waals surface area contributed by atoms with Crippen LogP contribution in [0, 0.1) is 13.8 Å². The number of oxazole rings is 1. The number of benzene rings is 2. The van der Waals surface area contributed by atoms with Crippen LogP contribution >= 0.6 is 15.9 Å². The van der Waals surface area contributed by atoms with Crippen LogP contribution in [0.2, 0.25) is 0 Å². The van der Waals surface area contributed by atoms with Crippen LogP contribution in [0.3, 0.4) is 0 Å². The first-order chi connectivity index (χ1) is 16.6. The van der Waals surface area contributed by atoms with Crippen molar-refractivity contribution in [3.8, 4) is 39.8 Å². The Hall–Kier alpha value is -3.73. The second kappa shape index (κ2) is 8.49. The van der Waals surface area contributed by atoms with E-state index in [1.165, 1.54) is 12.1 Å². The third-order valence-electron chi connectivity index (χ3n) is 5.24. The minimum atomic E-state index is -3.73. The molecule has 0 fully saturated rings. The van der Waals surface area contributed by atoms with Crippen LogP contribution in [0.4, 0.5) is 8.78 Å². The fraction of sp³-hybridized carbons (Fsp3) is 0.208. The third-order valence-corrected chi connectivity index (χ3v) is 5.73. The van der Waals surface area contributed by atoms with Gasteiger partial charge in [-0.1, -0.05) is 15.9 Å². The first-order valence-corrected chi connectivity index (χ1v) is 11.4. The Kier molecular flexibility index (Phi) is 5.59. The van der Waals surface area contributed by atoms with Crippen LogP contribution in [0.5, 0.6) is 11.5 Å². The van der Waals surface area contributed by atoms with Gasteiger partial charge in [0.1, 0.15) is 11.5 Å². The normalized spacial score (nSPS) is 13.8. The Labute approximate surface area is 206 Å². The van der Waals surface area contributed by atoms with Crippen LogP contribution < -0.4 is 9.47 Å². The van der Waals surface area contributed by atoms with Gasteiger partial charge in [0, 0.05) is 28.7 Å². The number of halogens is 3. The van der Waals surface area contributed by atoms with E-state index < -0.39 is 12.3 Å². The summed E-state index contributed by atoms with van der Waals surface area (Å²) in [5, 5.41) is 0. The number of nitrogens with zero attached hydrogens (tertiary/aromatic N) is 3. The number of carbonyl (C=O) groups excluding carboxylic acids is 1. The molecule has 8 nitrogen and oxygen atoms in total. The number of carbonyl (C=O) groups is 1. The van der Waals surface area contributed by atoms with Crippen LogP contribution in [0.15, 0.2) is 51.5 Å². The highest BCUT2D eigenvalue weighted by molar-refractivity contribution is 9.10. The summed E-state index contributed by atoms with van der Waals surface area (Å²) in [4.78, 5) is 21.1. The summed E-state index contributed by atoms with van der Waals surface area (Å²) >= 11 is 3.50. The van der Waals surface area contributed by atoms with Crippen LogP contribution in [0.1, 0.15) is 29.1 Å². The lowest BCUT2D eigenvalue weighted by atomic mass is 10.0. The van der Waals surface area contributed by atoms with Crippen molar-refractivity contribution in [2.45, 2.75) is 27.1 Å². The van der Waals surface area contributed by atoms with Gasteiger partial charge in [0.05, 0.1) is 12.3 Å². The van der Waals surface area contributed by atoms with E-state index in [0.717, 1.165) is 4.47 Å². The highest BCUT2D eigenvalue weighted by Gasteiger charge is 2.43. The molecule has 5 rings (SSSR count). The number of ether oxygens (including phenoxy) is 3. The molecule has 0 unspecified atom stereocenters. The van der Waals surface area contributed by atoms with Crippen molar-refractivity contribution in [2.24, 2.45) is 0 Å². The van der Waals surface area contributed by atoms with Crippen LogP contribution in [-0.2, 0) is 4.74 Å². The first kappa shape index (κ1) is 23.0. The third kappa shape index (κ3) is 4.27. The highest BCUT2D eigenvalue weighted by atomic mass is 79.9. The maximum atomic E-state index is 13.5. The van der Waals surface area contributed by atoms with Gasteiger partial charge in [-0.2, -0.15) is 0 Å². The van der Waals surface area contributed by atoms with Crippen molar-refractivity contribution in [1.29, 1.82) is 0 Å². The van der Waals surface area contributed by atoms with E-state index >= 15 is 0 Å². The molecule has 0 N–H and O–H groups in total. The molecular formula is C24H18BrF2N3O5. The quantitative estimate of drug-likeness (QED) is 0.281.